The van der Waals surface area contributed by atoms with Gasteiger partial charge in [0.05, 0.1) is 10.4 Å². The lowest BCUT2D eigenvalue weighted by molar-refractivity contribution is 0.172. The first-order valence-corrected chi connectivity index (χ1v) is 12.4. The molecule has 0 aliphatic carbocycles. The summed E-state index contributed by atoms with van der Waals surface area (Å²) >= 11 is 1.47. The standard InChI is InChI=1S/C23H20N2O5S2/c26-23-17(11-16-12-21-22(13-20(16)24-23)30-9-8-29-21)14-25(15-18-5-4-10-31-18)32(27,28)19-6-2-1-3-7-19/h1-7,10-13H,8-9,14-15H2,(H,24,26). The van der Waals surface area contributed by atoms with E-state index in [-0.39, 0.29) is 23.5 Å². The van der Waals surface area contributed by atoms with Crippen molar-refractivity contribution in [2.45, 2.75) is 18.0 Å². The molecule has 1 N–H and O–H groups in total. The molecule has 9 heteroatoms. The van der Waals surface area contributed by atoms with Crippen LogP contribution in [0.4, 0.5) is 0 Å². The van der Waals surface area contributed by atoms with Gasteiger partial charge in [-0.2, -0.15) is 4.31 Å². The minimum atomic E-state index is -3.82. The van der Waals surface area contributed by atoms with Crippen molar-refractivity contribution in [3.63, 3.8) is 0 Å². The van der Waals surface area contributed by atoms with Gasteiger partial charge in [0.25, 0.3) is 5.56 Å². The molecule has 0 radical (unpaired) electrons. The fourth-order valence-corrected chi connectivity index (χ4v) is 5.86. The van der Waals surface area contributed by atoms with Crippen LogP contribution < -0.4 is 15.0 Å². The van der Waals surface area contributed by atoms with Crippen LogP contribution in [0.1, 0.15) is 10.4 Å². The molecule has 32 heavy (non-hydrogen) atoms. The molecule has 3 heterocycles. The summed E-state index contributed by atoms with van der Waals surface area (Å²) in [6.45, 7) is 1.02. The van der Waals surface area contributed by atoms with Gasteiger partial charge in [-0.25, -0.2) is 8.42 Å². The minimum Gasteiger partial charge on any atom is -0.486 e. The van der Waals surface area contributed by atoms with Crippen molar-refractivity contribution in [3.05, 3.63) is 86.8 Å². The summed E-state index contributed by atoms with van der Waals surface area (Å²) in [5.41, 5.74) is 0.623. The SMILES string of the molecule is O=c1[nH]c2cc3c(cc2cc1CN(Cc1cccs1)S(=O)(=O)c1ccccc1)OCCO3. The molecule has 2 aromatic heterocycles. The van der Waals surface area contributed by atoms with Crippen molar-refractivity contribution < 1.29 is 17.9 Å². The van der Waals surface area contributed by atoms with Gasteiger partial charge in [0, 0.05) is 35.0 Å². The maximum Gasteiger partial charge on any atom is 0.252 e. The lowest BCUT2D eigenvalue weighted by atomic mass is 10.1. The average molecular weight is 469 g/mol. The van der Waals surface area contributed by atoms with Gasteiger partial charge < -0.3 is 14.5 Å². The van der Waals surface area contributed by atoms with Crippen LogP contribution in [0.2, 0.25) is 0 Å². The number of H-pyrrole nitrogens is 1. The molecule has 4 aromatic rings. The maximum absolute atomic E-state index is 13.4. The minimum absolute atomic E-state index is 0.0607. The van der Waals surface area contributed by atoms with Gasteiger partial charge in [0.2, 0.25) is 10.0 Å². The fourth-order valence-electron chi connectivity index (χ4n) is 3.64. The molecule has 7 nitrogen and oxygen atoms in total. The molecule has 0 bridgehead atoms. The highest BCUT2D eigenvalue weighted by Gasteiger charge is 2.26. The highest BCUT2D eigenvalue weighted by Crippen LogP contribution is 2.34. The number of thiophene rings is 1. The van der Waals surface area contributed by atoms with Crippen LogP contribution in [0.3, 0.4) is 0 Å². The number of sulfonamides is 1. The van der Waals surface area contributed by atoms with Crippen LogP contribution >= 0.6 is 11.3 Å². The largest absolute Gasteiger partial charge is 0.486 e. The van der Waals surface area contributed by atoms with E-state index in [0.717, 1.165) is 10.3 Å². The summed E-state index contributed by atoms with van der Waals surface area (Å²) in [6.07, 6.45) is 0. The number of aromatic amines is 1. The third-order valence-electron chi connectivity index (χ3n) is 5.22. The second kappa shape index (κ2) is 8.42. The van der Waals surface area contributed by atoms with E-state index in [2.05, 4.69) is 4.98 Å². The van der Waals surface area contributed by atoms with Gasteiger partial charge in [0.15, 0.2) is 11.5 Å². The molecule has 0 spiro atoms. The van der Waals surface area contributed by atoms with E-state index in [4.69, 9.17) is 9.47 Å². The molecule has 0 amide bonds. The zero-order valence-corrected chi connectivity index (χ0v) is 18.6. The average Bonchev–Trinajstić information content (AvgIpc) is 3.31. The quantitative estimate of drug-likeness (QED) is 0.466. The molecule has 0 fully saturated rings. The molecular formula is C23H20N2O5S2. The molecule has 2 aromatic carbocycles. The van der Waals surface area contributed by atoms with Crippen LogP contribution in [0, 0.1) is 0 Å². The van der Waals surface area contributed by atoms with Gasteiger partial charge in [-0.3, -0.25) is 4.79 Å². The molecule has 1 aliphatic rings. The Morgan fingerprint density at radius 3 is 2.41 bits per heavy atom. The molecule has 0 unspecified atom stereocenters. The zero-order valence-electron chi connectivity index (χ0n) is 17.0. The van der Waals surface area contributed by atoms with Gasteiger partial charge in [-0.15, -0.1) is 11.3 Å². The third-order valence-corrected chi connectivity index (χ3v) is 7.89. The third kappa shape index (κ3) is 4.02. The second-order valence-corrected chi connectivity index (χ2v) is 10.3. The van der Waals surface area contributed by atoms with Crippen LogP contribution in [0.5, 0.6) is 11.5 Å². The number of pyridine rings is 1. The summed E-state index contributed by atoms with van der Waals surface area (Å²) in [4.78, 5) is 16.8. The van der Waals surface area contributed by atoms with E-state index < -0.39 is 10.0 Å². The molecule has 0 saturated carbocycles. The first-order chi connectivity index (χ1) is 15.5. The number of hydrogen-bond donors (Lipinski definition) is 1. The molecule has 5 rings (SSSR count). The highest BCUT2D eigenvalue weighted by molar-refractivity contribution is 7.89. The van der Waals surface area contributed by atoms with Crippen molar-refractivity contribution in [1.29, 1.82) is 0 Å². The molecule has 164 valence electrons. The van der Waals surface area contributed by atoms with E-state index >= 15 is 0 Å². The van der Waals surface area contributed by atoms with Crippen LogP contribution in [0.15, 0.2) is 75.7 Å². The predicted molar refractivity (Wildman–Crippen MR) is 123 cm³/mol. The number of nitrogens with zero attached hydrogens (tertiary/aromatic N) is 1. The number of fused-ring (bicyclic) bond motifs is 2. The van der Waals surface area contributed by atoms with E-state index in [1.807, 2.05) is 17.5 Å². The maximum atomic E-state index is 13.4. The second-order valence-electron chi connectivity index (χ2n) is 7.37. The highest BCUT2D eigenvalue weighted by atomic mass is 32.2. The Kier molecular flexibility index (Phi) is 5.46. The number of ether oxygens (including phenoxy) is 2. The number of aromatic nitrogens is 1. The van der Waals surface area contributed by atoms with Crippen molar-refractivity contribution >= 4 is 32.3 Å². The first kappa shape index (κ1) is 20.7. The number of hydrogen-bond acceptors (Lipinski definition) is 6. The summed E-state index contributed by atoms with van der Waals surface area (Å²) in [5.74, 6) is 1.19. The van der Waals surface area contributed by atoms with Gasteiger partial charge in [0.1, 0.15) is 13.2 Å². The van der Waals surface area contributed by atoms with Gasteiger partial charge >= 0.3 is 0 Å². The normalized spacial score (nSPS) is 13.5. The smallest absolute Gasteiger partial charge is 0.252 e. The predicted octanol–water partition coefficient (Wildman–Crippen LogP) is 3.75. The Morgan fingerprint density at radius 1 is 0.938 bits per heavy atom. The zero-order chi connectivity index (χ0) is 22.1. The van der Waals surface area contributed by atoms with Crippen molar-refractivity contribution in [3.8, 4) is 11.5 Å². The van der Waals surface area contributed by atoms with Crippen molar-refractivity contribution in [2.75, 3.05) is 13.2 Å². The fraction of sp³-hybridized carbons (Fsp3) is 0.174. The van der Waals surface area contributed by atoms with E-state index in [1.165, 1.54) is 15.6 Å². The number of benzene rings is 2. The molecular weight excluding hydrogens is 448 g/mol. The van der Waals surface area contributed by atoms with Gasteiger partial charge in [-0.1, -0.05) is 24.3 Å². The Hall–Kier alpha value is -3.14. The summed E-state index contributed by atoms with van der Waals surface area (Å²) in [6, 6.07) is 17.3. The van der Waals surface area contributed by atoms with Crippen molar-refractivity contribution in [1.82, 2.24) is 9.29 Å². The summed E-state index contributed by atoms with van der Waals surface area (Å²) in [5, 5.41) is 2.65. The first-order valence-electron chi connectivity index (χ1n) is 10.0. The molecule has 1 aliphatic heterocycles. The van der Waals surface area contributed by atoms with E-state index in [9.17, 15) is 13.2 Å². The Labute approximate surface area is 188 Å². The summed E-state index contributed by atoms with van der Waals surface area (Å²) < 4.78 is 39.4. The Morgan fingerprint density at radius 2 is 1.69 bits per heavy atom. The van der Waals surface area contributed by atoms with Crippen LogP contribution in [0.25, 0.3) is 10.9 Å². The van der Waals surface area contributed by atoms with Crippen LogP contribution in [-0.4, -0.2) is 30.9 Å². The Balaban J connectivity index is 1.55. The monoisotopic (exact) mass is 468 g/mol. The lowest BCUT2D eigenvalue weighted by Gasteiger charge is -2.22. The molecule has 0 saturated heterocycles. The topological polar surface area (TPSA) is 88.7 Å². The Bertz CT molecular complexity index is 1410. The van der Waals surface area contributed by atoms with Crippen LogP contribution in [-0.2, 0) is 23.1 Å². The number of rotatable bonds is 6. The molecule has 0 atom stereocenters. The van der Waals surface area contributed by atoms with Gasteiger partial charge in [-0.05, 0) is 35.7 Å². The van der Waals surface area contributed by atoms with E-state index in [0.29, 0.717) is 35.8 Å². The van der Waals surface area contributed by atoms with Crippen molar-refractivity contribution in [2.24, 2.45) is 0 Å². The lowest BCUT2D eigenvalue weighted by Crippen LogP contribution is -2.32. The number of nitrogens with one attached hydrogen (secondary N) is 1. The van der Waals surface area contributed by atoms with E-state index in [1.54, 1.807) is 48.5 Å². The summed E-state index contributed by atoms with van der Waals surface area (Å²) in [7, 11) is -3.82.